The normalized spacial score (nSPS) is 14.7. The fraction of sp³-hybridized carbons (Fsp3) is 0.538. The van der Waals surface area contributed by atoms with Crippen LogP contribution in [0, 0.1) is 0 Å². The third-order valence-electron chi connectivity index (χ3n) is 2.83. The SMILES string of the molecule is CC(CO)(NCCCCO)c1ccccc1. The first-order valence-electron chi connectivity index (χ1n) is 5.75. The van der Waals surface area contributed by atoms with Gasteiger partial charge >= 0.3 is 0 Å². The Hall–Kier alpha value is -0.900. The zero-order valence-electron chi connectivity index (χ0n) is 9.82. The molecular weight excluding hydrogens is 202 g/mol. The van der Waals surface area contributed by atoms with Crippen molar-refractivity contribution >= 4 is 0 Å². The van der Waals surface area contributed by atoms with E-state index in [0.717, 1.165) is 24.9 Å². The molecule has 0 aliphatic rings. The largest absolute Gasteiger partial charge is 0.396 e. The number of hydrogen-bond acceptors (Lipinski definition) is 3. The fourth-order valence-electron chi connectivity index (χ4n) is 1.66. The summed E-state index contributed by atoms with van der Waals surface area (Å²) in [5, 5.41) is 21.5. The van der Waals surface area contributed by atoms with E-state index < -0.39 is 5.54 Å². The van der Waals surface area contributed by atoms with Gasteiger partial charge in [0.15, 0.2) is 0 Å². The highest BCUT2D eigenvalue weighted by molar-refractivity contribution is 5.23. The van der Waals surface area contributed by atoms with E-state index in [4.69, 9.17) is 5.11 Å². The molecule has 1 rings (SSSR count). The van der Waals surface area contributed by atoms with Crippen LogP contribution in [0.4, 0.5) is 0 Å². The lowest BCUT2D eigenvalue weighted by molar-refractivity contribution is 0.173. The highest BCUT2D eigenvalue weighted by Gasteiger charge is 2.24. The average Bonchev–Trinajstić information content (AvgIpc) is 2.35. The molecule has 1 unspecified atom stereocenters. The lowest BCUT2D eigenvalue weighted by atomic mass is 9.93. The van der Waals surface area contributed by atoms with Crippen molar-refractivity contribution in [3.8, 4) is 0 Å². The summed E-state index contributed by atoms with van der Waals surface area (Å²) in [6.07, 6.45) is 1.71. The Morgan fingerprint density at radius 3 is 2.38 bits per heavy atom. The Labute approximate surface area is 97.1 Å². The zero-order valence-corrected chi connectivity index (χ0v) is 9.82. The zero-order chi connectivity index (χ0) is 11.9. The second kappa shape index (κ2) is 6.63. The molecule has 0 aliphatic heterocycles. The van der Waals surface area contributed by atoms with Gasteiger partial charge in [-0.3, -0.25) is 0 Å². The summed E-state index contributed by atoms with van der Waals surface area (Å²) < 4.78 is 0. The summed E-state index contributed by atoms with van der Waals surface area (Å²) >= 11 is 0. The topological polar surface area (TPSA) is 52.5 Å². The van der Waals surface area contributed by atoms with Gasteiger partial charge in [-0.1, -0.05) is 30.3 Å². The van der Waals surface area contributed by atoms with Crippen molar-refractivity contribution in [3.05, 3.63) is 35.9 Å². The summed E-state index contributed by atoms with van der Waals surface area (Å²) in [6, 6.07) is 9.93. The minimum absolute atomic E-state index is 0.0656. The van der Waals surface area contributed by atoms with E-state index in [-0.39, 0.29) is 13.2 Å². The van der Waals surface area contributed by atoms with Crippen LogP contribution >= 0.6 is 0 Å². The number of unbranched alkanes of at least 4 members (excludes halogenated alkanes) is 1. The van der Waals surface area contributed by atoms with Crippen LogP contribution in [0.2, 0.25) is 0 Å². The monoisotopic (exact) mass is 223 g/mol. The van der Waals surface area contributed by atoms with Crippen LogP contribution < -0.4 is 5.32 Å². The quantitative estimate of drug-likeness (QED) is 0.610. The summed E-state index contributed by atoms with van der Waals surface area (Å²) in [6.45, 7) is 3.08. The van der Waals surface area contributed by atoms with Gasteiger partial charge in [-0.15, -0.1) is 0 Å². The lowest BCUT2D eigenvalue weighted by Crippen LogP contribution is -2.43. The average molecular weight is 223 g/mol. The van der Waals surface area contributed by atoms with Crippen molar-refractivity contribution in [2.45, 2.75) is 25.3 Å². The summed E-state index contributed by atoms with van der Waals surface area (Å²) in [4.78, 5) is 0. The molecule has 0 radical (unpaired) electrons. The Bertz CT molecular complexity index is 289. The molecule has 16 heavy (non-hydrogen) atoms. The van der Waals surface area contributed by atoms with Crippen molar-refractivity contribution in [1.29, 1.82) is 0 Å². The van der Waals surface area contributed by atoms with Crippen molar-refractivity contribution in [3.63, 3.8) is 0 Å². The lowest BCUT2D eigenvalue weighted by Gasteiger charge is -2.29. The van der Waals surface area contributed by atoms with Gasteiger partial charge in [0, 0.05) is 6.61 Å². The van der Waals surface area contributed by atoms with Gasteiger partial charge in [0.2, 0.25) is 0 Å². The highest BCUT2D eigenvalue weighted by Crippen LogP contribution is 2.19. The third kappa shape index (κ3) is 3.59. The summed E-state index contributed by atoms with van der Waals surface area (Å²) in [5.41, 5.74) is 0.693. The minimum Gasteiger partial charge on any atom is -0.396 e. The third-order valence-corrected chi connectivity index (χ3v) is 2.83. The second-order valence-corrected chi connectivity index (χ2v) is 4.21. The number of rotatable bonds is 7. The van der Waals surface area contributed by atoms with Crippen molar-refractivity contribution in [1.82, 2.24) is 5.32 Å². The molecule has 3 N–H and O–H groups in total. The van der Waals surface area contributed by atoms with Gasteiger partial charge in [-0.25, -0.2) is 0 Å². The van der Waals surface area contributed by atoms with Gasteiger partial charge in [0.25, 0.3) is 0 Å². The number of hydrogen-bond donors (Lipinski definition) is 3. The number of benzene rings is 1. The molecule has 1 aromatic rings. The van der Waals surface area contributed by atoms with Gasteiger partial charge in [0.1, 0.15) is 0 Å². The number of nitrogens with one attached hydrogen (secondary N) is 1. The van der Waals surface area contributed by atoms with E-state index in [1.807, 2.05) is 37.3 Å². The molecule has 0 amide bonds. The van der Waals surface area contributed by atoms with E-state index in [0.29, 0.717) is 0 Å². The molecule has 0 aliphatic carbocycles. The highest BCUT2D eigenvalue weighted by atomic mass is 16.3. The molecule has 0 saturated carbocycles. The number of aliphatic hydroxyl groups is 2. The van der Waals surface area contributed by atoms with Crippen molar-refractivity contribution in [2.24, 2.45) is 0 Å². The molecule has 0 saturated heterocycles. The standard InChI is InChI=1S/C13H21NO2/c1-13(11-16,14-9-5-6-10-15)12-7-3-2-4-8-12/h2-4,7-8,14-16H,5-6,9-11H2,1H3. The molecule has 0 aromatic heterocycles. The maximum absolute atomic E-state index is 9.48. The van der Waals surface area contributed by atoms with Crippen LogP contribution in [0.25, 0.3) is 0 Å². The summed E-state index contributed by atoms with van der Waals surface area (Å²) in [7, 11) is 0. The number of aliphatic hydroxyl groups excluding tert-OH is 2. The first-order valence-corrected chi connectivity index (χ1v) is 5.75. The first-order chi connectivity index (χ1) is 7.73. The minimum atomic E-state index is -0.392. The smallest absolute Gasteiger partial charge is 0.0652 e. The van der Waals surface area contributed by atoms with Gasteiger partial charge in [0.05, 0.1) is 12.1 Å². The molecule has 1 aromatic carbocycles. The van der Waals surface area contributed by atoms with Crippen LogP contribution in [-0.2, 0) is 5.54 Å². The Kier molecular flexibility index (Phi) is 5.46. The Balaban J connectivity index is 2.56. The molecule has 0 heterocycles. The van der Waals surface area contributed by atoms with E-state index in [2.05, 4.69) is 5.32 Å². The van der Waals surface area contributed by atoms with Crippen LogP contribution in [-0.4, -0.2) is 30.0 Å². The Morgan fingerprint density at radius 2 is 1.81 bits per heavy atom. The molecular formula is C13H21NO2. The predicted octanol–water partition coefficient (Wildman–Crippen LogP) is 1.26. The maximum atomic E-state index is 9.48. The molecule has 1 atom stereocenters. The van der Waals surface area contributed by atoms with E-state index in [9.17, 15) is 5.11 Å². The molecule has 90 valence electrons. The Morgan fingerprint density at radius 1 is 1.12 bits per heavy atom. The van der Waals surface area contributed by atoms with E-state index >= 15 is 0 Å². The van der Waals surface area contributed by atoms with Crippen LogP contribution in [0.5, 0.6) is 0 Å². The summed E-state index contributed by atoms with van der Waals surface area (Å²) in [5.74, 6) is 0. The van der Waals surface area contributed by atoms with E-state index in [1.165, 1.54) is 0 Å². The van der Waals surface area contributed by atoms with Crippen LogP contribution in [0.1, 0.15) is 25.3 Å². The van der Waals surface area contributed by atoms with Gasteiger partial charge in [-0.2, -0.15) is 0 Å². The van der Waals surface area contributed by atoms with Gasteiger partial charge in [-0.05, 0) is 31.9 Å². The second-order valence-electron chi connectivity index (χ2n) is 4.21. The van der Waals surface area contributed by atoms with Crippen molar-refractivity contribution in [2.75, 3.05) is 19.8 Å². The van der Waals surface area contributed by atoms with Gasteiger partial charge < -0.3 is 15.5 Å². The molecule has 3 nitrogen and oxygen atoms in total. The molecule has 0 fully saturated rings. The predicted molar refractivity (Wildman–Crippen MR) is 65.2 cm³/mol. The van der Waals surface area contributed by atoms with Crippen LogP contribution in [0.3, 0.4) is 0 Å². The maximum Gasteiger partial charge on any atom is 0.0652 e. The molecule has 0 bridgehead atoms. The van der Waals surface area contributed by atoms with Crippen molar-refractivity contribution < 1.29 is 10.2 Å². The first kappa shape index (κ1) is 13.2. The molecule has 3 heteroatoms. The van der Waals surface area contributed by atoms with Crippen LogP contribution in [0.15, 0.2) is 30.3 Å². The van der Waals surface area contributed by atoms with E-state index in [1.54, 1.807) is 0 Å². The fourth-order valence-corrected chi connectivity index (χ4v) is 1.66. The molecule has 0 spiro atoms.